The van der Waals surface area contributed by atoms with Gasteiger partial charge in [0.1, 0.15) is 5.75 Å². The summed E-state index contributed by atoms with van der Waals surface area (Å²) in [6, 6.07) is 7.65. The van der Waals surface area contributed by atoms with E-state index >= 15 is 0 Å². The lowest BCUT2D eigenvalue weighted by molar-refractivity contribution is -0.145. The number of amides is 2. The standard InChI is InChI=1S/C18H26N2O3/c1-14-7-5-6-8-15(14)23-13-16(21)19-9-11-20(12-10-19)17(22)18(2,3)4/h5-8H,9-13H2,1-4H3. The van der Waals surface area contributed by atoms with Gasteiger partial charge in [-0.25, -0.2) is 0 Å². The fraction of sp³-hybridized carbons (Fsp3) is 0.556. The minimum atomic E-state index is -0.375. The number of aryl methyl sites for hydroxylation is 1. The summed E-state index contributed by atoms with van der Waals surface area (Å²) in [6.07, 6.45) is 0. The smallest absolute Gasteiger partial charge is 0.260 e. The number of piperazine rings is 1. The lowest BCUT2D eigenvalue weighted by atomic mass is 9.94. The minimum absolute atomic E-state index is 0.0314. The molecule has 0 aromatic heterocycles. The molecule has 0 saturated carbocycles. The topological polar surface area (TPSA) is 49.9 Å². The number of hydrogen-bond acceptors (Lipinski definition) is 3. The zero-order chi connectivity index (χ0) is 17.0. The molecule has 1 fully saturated rings. The zero-order valence-electron chi connectivity index (χ0n) is 14.5. The van der Waals surface area contributed by atoms with Gasteiger partial charge in [0.05, 0.1) is 0 Å². The van der Waals surface area contributed by atoms with E-state index in [1.807, 2.05) is 56.9 Å². The predicted molar refractivity (Wildman–Crippen MR) is 89.3 cm³/mol. The van der Waals surface area contributed by atoms with Gasteiger partial charge < -0.3 is 14.5 Å². The van der Waals surface area contributed by atoms with Crippen molar-refractivity contribution in [2.24, 2.45) is 5.41 Å². The van der Waals surface area contributed by atoms with Crippen LogP contribution in [-0.4, -0.2) is 54.4 Å². The molecule has 0 atom stereocenters. The normalized spacial score (nSPS) is 15.5. The molecular weight excluding hydrogens is 292 g/mol. The van der Waals surface area contributed by atoms with Crippen molar-refractivity contribution in [2.75, 3.05) is 32.8 Å². The molecule has 0 aliphatic carbocycles. The number of carbonyl (C=O) groups is 2. The number of hydrogen-bond donors (Lipinski definition) is 0. The quantitative estimate of drug-likeness (QED) is 0.857. The van der Waals surface area contributed by atoms with Crippen molar-refractivity contribution in [1.29, 1.82) is 0 Å². The van der Waals surface area contributed by atoms with Crippen LogP contribution in [-0.2, 0) is 9.59 Å². The lowest BCUT2D eigenvalue weighted by Crippen LogP contribution is -2.53. The second-order valence-electron chi connectivity index (χ2n) is 6.98. The molecule has 5 nitrogen and oxygen atoms in total. The van der Waals surface area contributed by atoms with Crippen LogP contribution in [0.5, 0.6) is 5.75 Å². The van der Waals surface area contributed by atoms with Gasteiger partial charge in [0.15, 0.2) is 6.61 Å². The highest BCUT2D eigenvalue weighted by molar-refractivity contribution is 5.82. The maximum atomic E-state index is 12.3. The highest BCUT2D eigenvalue weighted by atomic mass is 16.5. The van der Waals surface area contributed by atoms with Crippen molar-refractivity contribution in [3.05, 3.63) is 29.8 Å². The molecule has 23 heavy (non-hydrogen) atoms. The van der Waals surface area contributed by atoms with Crippen LogP contribution in [0.15, 0.2) is 24.3 Å². The summed E-state index contributed by atoms with van der Waals surface area (Å²) in [6.45, 7) is 10.1. The van der Waals surface area contributed by atoms with Gasteiger partial charge >= 0.3 is 0 Å². The van der Waals surface area contributed by atoms with E-state index in [0.717, 1.165) is 11.3 Å². The van der Waals surface area contributed by atoms with Gasteiger partial charge in [0.2, 0.25) is 5.91 Å². The maximum absolute atomic E-state index is 12.3. The van der Waals surface area contributed by atoms with Gasteiger partial charge in [-0.15, -0.1) is 0 Å². The fourth-order valence-corrected chi connectivity index (χ4v) is 2.58. The van der Waals surface area contributed by atoms with Gasteiger partial charge in [-0.3, -0.25) is 9.59 Å². The molecule has 1 aliphatic heterocycles. The van der Waals surface area contributed by atoms with Crippen LogP contribution in [0.25, 0.3) is 0 Å². The van der Waals surface area contributed by atoms with Gasteiger partial charge in [0.25, 0.3) is 5.91 Å². The molecule has 2 rings (SSSR count). The van der Waals surface area contributed by atoms with Gasteiger partial charge in [-0.1, -0.05) is 39.0 Å². The second-order valence-corrected chi connectivity index (χ2v) is 6.98. The Kier molecular flexibility index (Phi) is 5.29. The van der Waals surface area contributed by atoms with Crippen LogP contribution in [0.2, 0.25) is 0 Å². The van der Waals surface area contributed by atoms with Crippen molar-refractivity contribution < 1.29 is 14.3 Å². The summed E-state index contributed by atoms with van der Waals surface area (Å²) < 4.78 is 5.61. The van der Waals surface area contributed by atoms with E-state index in [1.165, 1.54) is 0 Å². The Hall–Kier alpha value is -2.04. The fourth-order valence-electron chi connectivity index (χ4n) is 2.58. The Bertz CT molecular complexity index is 570. The molecule has 0 N–H and O–H groups in total. The Labute approximate surface area is 138 Å². The first kappa shape index (κ1) is 17.3. The number of rotatable bonds is 3. The molecule has 5 heteroatoms. The van der Waals surface area contributed by atoms with Gasteiger partial charge in [-0.05, 0) is 18.6 Å². The molecule has 1 heterocycles. The molecular formula is C18H26N2O3. The largest absolute Gasteiger partial charge is 0.484 e. The predicted octanol–water partition coefficient (Wildman–Crippen LogP) is 2.09. The SMILES string of the molecule is Cc1ccccc1OCC(=O)N1CCN(C(=O)C(C)(C)C)CC1. The summed E-state index contributed by atoms with van der Waals surface area (Å²) in [4.78, 5) is 28.1. The number of ether oxygens (including phenoxy) is 1. The van der Waals surface area contributed by atoms with Gasteiger partial charge in [0, 0.05) is 31.6 Å². The monoisotopic (exact) mass is 318 g/mol. The molecule has 1 aromatic rings. The van der Waals surface area contributed by atoms with Crippen molar-refractivity contribution in [3.63, 3.8) is 0 Å². The number of nitrogens with zero attached hydrogens (tertiary/aromatic N) is 2. The third kappa shape index (κ3) is 4.47. The van der Waals surface area contributed by atoms with Crippen LogP contribution in [0.3, 0.4) is 0 Å². The summed E-state index contributed by atoms with van der Waals surface area (Å²) >= 11 is 0. The first-order valence-electron chi connectivity index (χ1n) is 8.04. The molecule has 126 valence electrons. The summed E-state index contributed by atoms with van der Waals surface area (Å²) in [7, 11) is 0. The number of carbonyl (C=O) groups excluding carboxylic acids is 2. The van der Waals surface area contributed by atoms with E-state index in [-0.39, 0.29) is 23.8 Å². The van der Waals surface area contributed by atoms with E-state index in [4.69, 9.17) is 4.74 Å². The second kappa shape index (κ2) is 7.02. The third-order valence-corrected chi connectivity index (χ3v) is 4.01. The summed E-state index contributed by atoms with van der Waals surface area (Å²) in [5, 5.41) is 0. The Balaban J connectivity index is 1.82. The van der Waals surface area contributed by atoms with Crippen LogP contribution in [0, 0.1) is 12.3 Å². The van der Waals surface area contributed by atoms with Crippen molar-refractivity contribution in [3.8, 4) is 5.75 Å². The Morgan fingerprint density at radius 1 is 1.04 bits per heavy atom. The van der Waals surface area contributed by atoms with E-state index in [0.29, 0.717) is 26.2 Å². The molecule has 0 spiro atoms. The summed E-state index contributed by atoms with van der Waals surface area (Å²) in [5.41, 5.74) is 0.640. The van der Waals surface area contributed by atoms with Crippen LogP contribution in [0.4, 0.5) is 0 Å². The van der Waals surface area contributed by atoms with E-state index in [9.17, 15) is 9.59 Å². The van der Waals surface area contributed by atoms with Crippen molar-refractivity contribution in [2.45, 2.75) is 27.7 Å². The van der Waals surface area contributed by atoms with E-state index in [1.54, 1.807) is 4.90 Å². The maximum Gasteiger partial charge on any atom is 0.260 e. The van der Waals surface area contributed by atoms with Crippen molar-refractivity contribution in [1.82, 2.24) is 9.80 Å². The highest BCUT2D eigenvalue weighted by Gasteiger charge is 2.30. The first-order chi connectivity index (χ1) is 10.8. The zero-order valence-corrected chi connectivity index (χ0v) is 14.5. The van der Waals surface area contributed by atoms with Crippen LogP contribution in [0.1, 0.15) is 26.3 Å². The van der Waals surface area contributed by atoms with Crippen molar-refractivity contribution >= 4 is 11.8 Å². The molecule has 0 bridgehead atoms. The Morgan fingerprint density at radius 3 is 2.17 bits per heavy atom. The lowest BCUT2D eigenvalue weighted by Gasteiger charge is -2.37. The molecule has 0 radical (unpaired) electrons. The van der Waals surface area contributed by atoms with E-state index in [2.05, 4.69) is 0 Å². The first-order valence-corrected chi connectivity index (χ1v) is 8.04. The van der Waals surface area contributed by atoms with Crippen LogP contribution >= 0.6 is 0 Å². The molecule has 1 aliphatic rings. The number of benzene rings is 1. The molecule has 2 amide bonds. The highest BCUT2D eigenvalue weighted by Crippen LogP contribution is 2.19. The van der Waals surface area contributed by atoms with Crippen LogP contribution < -0.4 is 4.74 Å². The molecule has 1 saturated heterocycles. The molecule has 0 unspecified atom stereocenters. The van der Waals surface area contributed by atoms with E-state index < -0.39 is 0 Å². The Morgan fingerprint density at radius 2 is 1.61 bits per heavy atom. The summed E-state index contributed by atoms with van der Waals surface area (Å²) in [5.74, 6) is 0.847. The van der Waals surface area contributed by atoms with Gasteiger partial charge in [-0.2, -0.15) is 0 Å². The minimum Gasteiger partial charge on any atom is -0.484 e. The molecule has 1 aromatic carbocycles. The average Bonchev–Trinajstić information content (AvgIpc) is 2.52. The third-order valence-electron chi connectivity index (χ3n) is 4.01. The number of para-hydroxylation sites is 1. The average molecular weight is 318 g/mol.